The van der Waals surface area contributed by atoms with Crippen LogP contribution in [0.15, 0.2) is 12.1 Å². The summed E-state index contributed by atoms with van der Waals surface area (Å²) >= 11 is 0. The lowest BCUT2D eigenvalue weighted by molar-refractivity contribution is 0.556. The number of aryl methyl sites for hydroxylation is 2. The van der Waals surface area contributed by atoms with Crippen molar-refractivity contribution in [2.45, 2.75) is 39.2 Å². The first-order valence-electron chi connectivity index (χ1n) is 5.21. The smallest absolute Gasteiger partial charge is 0.129 e. The maximum atomic E-state index is 13.3. The molecule has 0 fully saturated rings. The van der Waals surface area contributed by atoms with Crippen LogP contribution in [-0.4, -0.2) is 6.04 Å². The number of hydrogen-bond acceptors (Lipinski definition) is 1. The Morgan fingerprint density at radius 3 is 2.53 bits per heavy atom. The molecule has 1 rings (SSSR count). The minimum atomic E-state index is -0.483. The summed E-state index contributed by atoms with van der Waals surface area (Å²) in [5.74, 6) is -0.939. The minimum absolute atomic E-state index is 0.134. The molecule has 0 saturated carbocycles. The highest BCUT2D eigenvalue weighted by Crippen LogP contribution is 2.16. The Balaban J connectivity index is 2.65. The molecule has 0 bridgehead atoms. The van der Waals surface area contributed by atoms with Crippen LogP contribution in [0.25, 0.3) is 0 Å². The first-order chi connectivity index (χ1) is 7.00. The van der Waals surface area contributed by atoms with E-state index in [-0.39, 0.29) is 6.04 Å². The highest BCUT2D eigenvalue weighted by Gasteiger charge is 2.07. The van der Waals surface area contributed by atoms with Crippen molar-refractivity contribution in [2.75, 3.05) is 0 Å². The third-order valence-electron chi connectivity index (χ3n) is 2.43. The normalized spacial score (nSPS) is 12.9. The van der Waals surface area contributed by atoms with Gasteiger partial charge in [-0.1, -0.05) is 6.07 Å². The second kappa shape index (κ2) is 5.21. The van der Waals surface area contributed by atoms with Crippen LogP contribution in [-0.2, 0) is 6.42 Å². The average Bonchev–Trinajstić information content (AvgIpc) is 2.13. The molecule has 1 nitrogen and oxygen atoms in total. The largest absolute Gasteiger partial charge is 0.328 e. The molecule has 0 aromatic heterocycles. The summed E-state index contributed by atoms with van der Waals surface area (Å²) in [5, 5.41) is 0. The lowest BCUT2D eigenvalue weighted by Crippen LogP contribution is -2.14. The van der Waals surface area contributed by atoms with Gasteiger partial charge in [0.25, 0.3) is 0 Å². The lowest BCUT2D eigenvalue weighted by atomic mass is 10.0. The van der Waals surface area contributed by atoms with E-state index in [1.54, 1.807) is 13.0 Å². The van der Waals surface area contributed by atoms with Crippen molar-refractivity contribution in [3.8, 4) is 0 Å². The summed E-state index contributed by atoms with van der Waals surface area (Å²) in [6.45, 7) is 3.57. The Hall–Kier alpha value is -0.960. The van der Waals surface area contributed by atoms with Crippen LogP contribution in [0.4, 0.5) is 8.78 Å². The predicted octanol–water partition coefficient (Wildman–Crippen LogP) is 2.94. The van der Waals surface area contributed by atoms with Crippen molar-refractivity contribution in [1.82, 2.24) is 0 Å². The molecular weight excluding hydrogens is 196 g/mol. The first kappa shape index (κ1) is 12.1. The Labute approximate surface area is 89.3 Å². The molecule has 0 aliphatic rings. The van der Waals surface area contributed by atoms with E-state index in [0.717, 1.165) is 18.9 Å². The fourth-order valence-electron chi connectivity index (χ4n) is 1.52. The van der Waals surface area contributed by atoms with Gasteiger partial charge >= 0.3 is 0 Å². The summed E-state index contributed by atoms with van der Waals surface area (Å²) in [5.41, 5.74) is 6.67. The highest BCUT2D eigenvalue weighted by molar-refractivity contribution is 5.25. The van der Waals surface area contributed by atoms with Crippen LogP contribution in [0, 0.1) is 18.6 Å². The monoisotopic (exact) mass is 213 g/mol. The van der Waals surface area contributed by atoms with E-state index >= 15 is 0 Å². The maximum absolute atomic E-state index is 13.3. The van der Waals surface area contributed by atoms with Crippen LogP contribution in [0.5, 0.6) is 0 Å². The third-order valence-corrected chi connectivity index (χ3v) is 2.43. The number of nitrogens with two attached hydrogens (primary N) is 1. The number of rotatable bonds is 4. The SMILES string of the molecule is Cc1cc(CCC[C@H](C)N)c(F)cc1F. The van der Waals surface area contributed by atoms with Gasteiger partial charge in [0.15, 0.2) is 0 Å². The van der Waals surface area contributed by atoms with Crippen LogP contribution >= 0.6 is 0 Å². The Morgan fingerprint density at radius 2 is 1.93 bits per heavy atom. The van der Waals surface area contributed by atoms with E-state index < -0.39 is 11.6 Å². The van der Waals surface area contributed by atoms with E-state index in [4.69, 9.17) is 5.73 Å². The molecular formula is C12H17F2N. The van der Waals surface area contributed by atoms with Crippen molar-refractivity contribution < 1.29 is 8.78 Å². The van der Waals surface area contributed by atoms with Gasteiger partial charge in [0.2, 0.25) is 0 Å². The zero-order valence-electron chi connectivity index (χ0n) is 9.19. The second-order valence-electron chi connectivity index (χ2n) is 4.06. The zero-order chi connectivity index (χ0) is 11.4. The minimum Gasteiger partial charge on any atom is -0.328 e. The molecule has 3 heteroatoms. The van der Waals surface area contributed by atoms with Crippen molar-refractivity contribution >= 4 is 0 Å². The molecule has 1 aromatic rings. The van der Waals surface area contributed by atoms with Gasteiger partial charge in [-0.25, -0.2) is 8.78 Å². The van der Waals surface area contributed by atoms with E-state index in [0.29, 0.717) is 17.5 Å². The maximum Gasteiger partial charge on any atom is 0.129 e. The number of halogens is 2. The summed E-state index contributed by atoms with van der Waals surface area (Å²) in [7, 11) is 0. The molecule has 0 unspecified atom stereocenters. The van der Waals surface area contributed by atoms with Crippen LogP contribution in [0.1, 0.15) is 30.9 Å². The summed E-state index contributed by atoms with van der Waals surface area (Å²) < 4.78 is 26.2. The van der Waals surface area contributed by atoms with Gasteiger partial charge in [-0.2, -0.15) is 0 Å². The average molecular weight is 213 g/mol. The van der Waals surface area contributed by atoms with Crippen molar-refractivity contribution in [2.24, 2.45) is 5.73 Å². The number of benzene rings is 1. The molecule has 1 aromatic carbocycles. The van der Waals surface area contributed by atoms with Gasteiger partial charge in [-0.05, 0) is 44.2 Å². The fourth-order valence-corrected chi connectivity index (χ4v) is 1.52. The van der Waals surface area contributed by atoms with Crippen LogP contribution in [0.3, 0.4) is 0 Å². The standard InChI is InChI=1S/C12H17F2N/c1-8-6-10(5-3-4-9(2)15)12(14)7-11(8)13/h6-7,9H,3-5,15H2,1-2H3/t9-/m0/s1. The van der Waals surface area contributed by atoms with Crippen LogP contribution < -0.4 is 5.73 Å². The van der Waals surface area contributed by atoms with E-state index in [1.807, 2.05) is 6.92 Å². The second-order valence-corrected chi connectivity index (χ2v) is 4.06. The van der Waals surface area contributed by atoms with E-state index in [2.05, 4.69) is 0 Å². The van der Waals surface area contributed by atoms with Gasteiger partial charge in [0.1, 0.15) is 11.6 Å². The van der Waals surface area contributed by atoms with Gasteiger partial charge in [-0.3, -0.25) is 0 Å². The van der Waals surface area contributed by atoms with E-state index in [9.17, 15) is 8.78 Å². The molecule has 0 saturated heterocycles. The Morgan fingerprint density at radius 1 is 1.27 bits per heavy atom. The molecule has 15 heavy (non-hydrogen) atoms. The molecule has 0 amide bonds. The molecule has 0 aliphatic heterocycles. The summed E-state index contributed by atoms with van der Waals surface area (Å²) in [4.78, 5) is 0. The zero-order valence-corrected chi connectivity index (χ0v) is 9.19. The van der Waals surface area contributed by atoms with Gasteiger partial charge in [-0.15, -0.1) is 0 Å². The number of hydrogen-bond donors (Lipinski definition) is 1. The summed E-state index contributed by atoms with van der Waals surface area (Å²) in [6, 6.07) is 2.66. The van der Waals surface area contributed by atoms with Gasteiger partial charge in [0.05, 0.1) is 0 Å². The lowest BCUT2D eigenvalue weighted by Gasteiger charge is -2.07. The van der Waals surface area contributed by atoms with Crippen LogP contribution in [0.2, 0.25) is 0 Å². The summed E-state index contributed by atoms with van der Waals surface area (Å²) in [6.07, 6.45) is 2.31. The van der Waals surface area contributed by atoms with Crippen molar-refractivity contribution in [3.05, 3.63) is 34.9 Å². The fraction of sp³-hybridized carbons (Fsp3) is 0.500. The molecule has 0 heterocycles. The predicted molar refractivity (Wildman–Crippen MR) is 57.7 cm³/mol. The first-order valence-corrected chi connectivity index (χ1v) is 5.21. The quantitative estimate of drug-likeness (QED) is 0.817. The molecule has 0 spiro atoms. The molecule has 1 atom stereocenters. The topological polar surface area (TPSA) is 26.0 Å². The molecule has 0 radical (unpaired) electrons. The highest BCUT2D eigenvalue weighted by atomic mass is 19.1. The molecule has 2 N–H and O–H groups in total. The van der Waals surface area contributed by atoms with Gasteiger partial charge in [0, 0.05) is 12.1 Å². The molecule has 84 valence electrons. The Bertz CT molecular complexity index is 335. The van der Waals surface area contributed by atoms with Crippen molar-refractivity contribution in [3.63, 3.8) is 0 Å². The third kappa shape index (κ3) is 3.59. The van der Waals surface area contributed by atoms with Gasteiger partial charge < -0.3 is 5.73 Å². The Kier molecular flexibility index (Phi) is 4.21. The van der Waals surface area contributed by atoms with E-state index in [1.165, 1.54) is 0 Å². The molecule has 0 aliphatic carbocycles. The van der Waals surface area contributed by atoms with Crippen molar-refractivity contribution in [1.29, 1.82) is 0 Å².